The molecule has 0 rings (SSSR count). The summed E-state index contributed by atoms with van der Waals surface area (Å²) in [6.07, 6.45) is 8.09. The summed E-state index contributed by atoms with van der Waals surface area (Å²) < 4.78 is 0. The zero-order chi connectivity index (χ0) is 11.7. The van der Waals surface area contributed by atoms with Gasteiger partial charge in [-0.1, -0.05) is 60.3 Å². The van der Waals surface area contributed by atoms with Gasteiger partial charge in [-0.05, 0) is 18.8 Å². The van der Waals surface area contributed by atoms with Gasteiger partial charge in [0, 0.05) is 12.1 Å². The molecule has 0 aliphatic heterocycles. The molecule has 1 heteroatoms. The van der Waals surface area contributed by atoms with Gasteiger partial charge in [0.15, 0.2) is 0 Å². The number of unbranched alkanes of at least 4 members (excludes halogenated alkanes) is 1. The first-order valence-corrected chi connectivity index (χ1v) is 6.86. The molecule has 0 fully saturated rings. The van der Waals surface area contributed by atoms with E-state index in [-0.39, 0.29) is 0 Å². The topological polar surface area (TPSA) is 12.0 Å². The van der Waals surface area contributed by atoms with Gasteiger partial charge in [0.2, 0.25) is 0 Å². The van der Waals surface area contributed by atoms with E-state index < -0.39 is 0 Å². The van der Waals surface area contributed by atoms with Gasteiger partial charge >= 0.3 is 0 Å². The summed E-state index contributed by atoms with van der Waals surface area (Å²) >= 11 is 0. The largest absolute Gasteiger partial charge is 0.312 e. The molecule has 0 aromatic rings. The molecular weight excluding hydrogens is 182 g/mol. The SMILES string of the molecule is CCCCC(CC(C)CCC)NC(C)C. The van der Waals surface area contributed by atoms with Crippen LogP contribution >= 0.6 is 0 Å². The highest BCUT2D eigenvalue weighted by molar-refractivity contribution is 4.72. The van der Waals surface area contributed by atoms with E-state index in [9.17, 15) is 0 Å². The van der Waals surface area contributed by atoms with E-state index in [1.54, 1.807) is 0 Å². The molecule has 2 atom stereocenters. The Morgan fingerprint density at radius 2 is 1.60 bits per heavy atom. The summed E-state index contributed by atoms with van der Waals surface area (Å²) in [5.41, 5.74) is 0. The molecular formula is C14H31N. The summed E-state index contributed by atoms with van der Waals surface area (Å²) in [5, 5.41) is 3.70. The summed E-state index contributed by atoms with van der Waals surface area (Å²) in [7, 11) is 0. The van der Waals surface area contributed by atoms with Gasteiger partial charge in [0.05, 0.1) is 0 Å². The minimum atomic E-state index is 0.626. The first-order valence-electron chi connectivity index (χ1n) is 6.86. The van der Waals surface area contributed by atoms with E-state index in [1.807, 2.05) is 0 Å². The molecule has 0 radical (unpaired) electrons. The van der Waals surface area contributed by atoms with Crippen molar-refractivity contribution in [3.8, 4) is 0 Å². The minimum absolute atomic E-state index is 0.626. The van der Waals surface area contributed by atoms with E-state index in [2.05, 4.69) is 39.9 Å². The van der Waals surface area contributed by atoms with Gasteiger partial charge < -0.3 is 5.32 Å². The maximum Gasteiger partial charge on any atom is 0.00719 e. The second-order valence-corrected chi connectivity index (χ2v) is 5.29. The lowest BCUT2D eigenvalue weighted by molar-refractivity contribution is 0.342. The molecule has 1 nitrogen and oxygen atoms in total. The predicted octanol–water partition coefficient (Wildman–Crippen LogP) is 4.37. The van der Waals surface area contributed by atoms with Crippen molar-refractivity contribution in [2.45, 2.75) is 85.2 Å². The fourth-order valence-electron chi connectivity index (χ4n) is 2.29. The number of nitrogens with one attached hydrogen (secondary N) is 1. The van der Waals surface area contributed by atoms with Crippen LogP contribution in [0, 0.1) is 5.92 Å². The number of hydrogen-bond donors (Lipinski definition) is 1. The molecule has 0 heterocycles. The maximum atomic E-state index is 3.70. The lowest BCUT2D eigenvalue weighted by atomic mass is 9.94. The highest BCUT2D eigenvalue weighted by atomic mass is 14.9. The van der Waals surface area contributed by atoms with Gasteiger partial charge in [-0.2, -0.15) is 0 Å². The van der Waals surface area contributed by atoms with Crippen LogP contribution in [0.5, 0.6) is 0 Å². The van der Waals surface area contributed by atoms with Crippen LogP contribution in [-0.2, 0) is 0 Å². The van der Waals surface area contributed by atoms with E-state index >= 15 is 0 Å². The van der Waals surface area contributed by atoms with Crippen molar-refractivity contribution >= 4 is 0 Å². The van der Waals surface area contributed by atoms with Crippen molar-refractivity contribution in [1.29, 1.82) is 0 Å². The molecule has 0 bridgehead atoms. The smallest absolute Gasteiger partial charge is 0.00719 e. The summed E-state index contributed by atoms with van der Waals surface area (Å²) in [6.45, 7) is 11.5. The Balaban J connectivity index is 3.87. The van der Waals surface area contributed by atoms with Crippen LogP contribution in [0.2, 0.25) is 0 Å². The van der Waals surface area contributed by atoms with Crippen molar-refractivity contribution in [3.05, 3.63) is 0 Å². The van der Waals surface area contributed by atoms with E-state index in [0.717, 1.165) is 12.0 Å². The lowest BCUT2D eigenvalue weighted by Gasteiger charge is -2.24. The zero-order valence-corrected chi connectivity index (χ0v) is 11.5. The predicted molar refractivity (Wildman–Crippen MR) is 70.3 cm³/mol. The van der Waals surface area contributed by atoms with E-state index in [0.29, 0.717) is 6.04 Å². The molecule has 2 unspecified atom stereocenters. The minimum Gasteiger partial charge on any atom is -0.312 e. The van der Waals surface area contributed by atoms with Gasteiger partial charge in [-0.25, -0.2) is 0 Å². The third-order valence-electron chi connectivity index (χ3n) is 2.94. The average Bonchev–Trinajstić information content (AvgIpc) is 2.13. The van der Waals surface area contributed by atoms with E-state index in [4.69, 9.17) is 0 Å². The first kappa shape index (κ1) is 15.0. The molecule has 0 aromatic carbocycles. The van der Waals surface area contributed by atoms with E-state index in [1.165, 1.54) is 38.5 Å². The van der Waals surface area contributed by atoms with Gasteiger partial charge in [-0.3, -0.25) is 0 Å². The molecule has 15 heavy (non-hydrogen) atoms. The third kappa shape index (κ3) is 8.92. The van der Waals surface area contributed by atoms with Gasteiger partial charge in [0.25, 0.3) is 0 Å². The Hall–Kier alpha value is -0.0400. The standard InChI is InChI=1S/C14H31N/c1-6-8-10-14(15-12(3)4)11-13(5)9-7-2/h12-15H,6-11H2,1-5H3. The zero-order valence-electron chi connectivity index (χ0n) is 11.5. The second kappa shape index (κ2) is 9.21. The molecule has 0 aliphatic carbocycles. The molecule has 0 amide bonds. The quantitative estimate of drug-likeness (QED) is 0.600. The van der Waals surface area contributed by atoms with Crippen molar-refractivity contribution < 1.29 is 0 Å². The fraction of sp³-hybridized carbons (Fsp3) is 1.00. The maximum absolute atomic E-state index is 3.70. The van der Waals surface area contributed by atoms with Gasteiger partial charge in [0.1, 0.15) is 0 Å². The van der Waals surface area contributed by atoms with Crippen molar-refractivity contribution in [2.24, 2.45) is 5.92 Å². The Morgan fingerprint density at radius 1 is 0.933 bits per heavy atom. The summed E-state index contributed by atoms with van der Waals surface area (Å²) in [4.78, 5) is 0. The van der Waals surface area contributed by atoms with Crippen LogP contribution in [0.1, 0.15) is 73.1 Å². The Bertz CT molecular complexity index is 131. The third-order valence-corrected chi connectivity index (χ3v) is 2.94. The highest BCUT2D eigenvalue weighted by Gasteiger charge is 2.12. The molecule has 1 N–H and O–H groups in total. The summed E-state index contributed by atoms with van der Waals surface area (Å²) in [6, 6.07) is 1.37. The Labute approximate surface area is 97.0 Å². The summed E-state index contributed by atoms with van der Waals surface area (Å²) in [5.74, 6) is 0.878. The van der Waals surface area contributed by atoms with Crippen LogP contribution in [0.4, 0.5) is 0 Å². The molecule has 0 aliphatic rings. The van der Waals surface area contributed by atoms with Crippen molar-refractivity contribution in [2.75, 3.05) is 0 Å². The Morgan fingerprint density at radius 3 is 2.07 bits per heavy atom. The fourth-order valence-corrected chi connectivity index (χ4v) is 2.29. The molecule has 0 saturated heterocycles. The van der Waals surface area contributed by atoms with Crippen LogP contribution in [0.25, 0.3) is 0 Å². The van der Waals surface area contributed by atoms with Crippen molar-refractivity contribution in [3.63, 3.8) is 0 Å². The Kier molecular flexibility index (Phi) is 9.18. The van der Waals surface area contributed by atoms with Crippen molar-refractivity contribution in [1.82, 2.24) is 5.32 Å². The molecule has 0 aromatic heterocycles. The highest BCUT2D eigenvalue weighted by Crippen LogP contribution is 2.16. The van der Waals surface area contributed by atoms with Gasteiger partial charge in [-0.15, -0.1) is 0 Å². The number of rotatable bonds is 9. The first-order chi connectivity index (χ1) is 7.10. The average molecular weight is 213 g/mol. The normalized spacial score (nSPS) is 15.6. The van der Waals surface area contributed by atoms with Crippen LogP contribution in [-0.4, -0.2) is 12.1 Å². The monoisotopic (exact) mass is 213 g/mol. The van der Waals surface area contributed by atoms with Crippen LogP contribution < -0.4 is 5.32 Å². The number of hydrogen-bond acceptors (Lipinski definition) is 1. The second-order valence-electron chi connectivity index (χ2n) is 5.29. The molecule has 0 saturated carbocycles. The van der Waals surface area contributed by atoms with Crippen LogP contribution in [0.15, 0.2) is 0 Å². The van der Waals surface area contributed by atoms with Crippen LogP contribution in [0.3, 0.4) is 0 Å². The molecule has 0 spiro atoms. The molecule has 92 valence electrons. The lowest BCUT2D eigenvalue weighted by Crippen LogP contribution is -2.36.